The summed E-state index contributed by atoms with van der Waals surface area (Å²) in [4.78, 5) is 24.2. The number of hydrogen-bond donors (Lipinski definition) is 4. The van der Waals surface area contributed by atoms with Crippen LogP contribution in [0.1, 0.15) is 65.9 Å². The second-order valence-electron chi connectivity index (χ2n) is 9.14. The molecule has 35 heavy (non-hydrogen) atoms. The molecule has 8 nitrogen and oxygen atoms in total. The van der Waals surface area contributed by atoms with Crippen molar-refractivity contribution < 1.29 is 24.6 Å². The van der Waals surface area contributed by atoms with Gasteiger partial charge in [0.1, 0.15) is 25.1 Å². The normalized spacial score (nSPS) is 16.2. The smallest absolute Gasteiger partial charge is 0.245 e. The molecular formula is C26H37N3O5S. The van der Waals surface area contributed by atoms with Crippen LogP contribution in [0.3, 0.4) is 0 Å². The number of aliphatic hydroxyl groups is 2. The van der Waals surface area contributed by atoms with Crippen molar-refractivity contribution in [3.63, 3.8) is 0 Å². The molecule has 0 fully saturated rings. The van der Waals surface area contributed by atoms with Gasteiger partial charge in [-0.15, -0.1) is 11.3 Å². The summed E-state index contributed by atoms with van der Waals surface area (Å²) in [5.74, 6) is 1.50. The first kappa shape index (κ1) is 27.1. The van der Waals surface area contributed by atoms with Crippen LogP contribution in [0.25, 0.3) is 0 Å². The zero-order valence-corrected chi connectivity index (χ0v) is 22.0. The van der Waals surface area contributed by atoms with Crippen molar-refractivity contribution in [3.05, 3.63) is 50.2 Å². The van der Waals surface area contributed by atoms with Crippen molar-refractivity contribution >= 4 is 23.1 Å². The summed E-state index contributed by atoms with van der Waals surface area (Å²) in [5.41, 5.74) is 7.31. The minimum Gasteiger partial charge on any atom is -0.490 e. The highest BCUT2D eigenvalue weighted by Crippen LogP contribution is 2.34. The molecule has 3 rings (SSSR count). The fraction of sp³-hybridized carbons (Fsp3) is 0.538. The lowest BCUT2D eigenvalue weighted by Gasteiger charge is -2.19. The summed E-state index contributed by atoms with van der Waals surface area (Å²) in [6.45, 7) is 10.1. The molecule has 0 radical (unpaired) electrons. The van der Waals surface area contributed by atoms with Crippen molar-refractivity contribution in [2.75, 3.05) is 19.8 Å². The van der Waals surface area contributed by atoms with Gasteiger partial charge in [0.05, 0.1) is 4.88 Å². The van der Waals surface area contributed by atoms with Gasteiger partial charge in [0.25, 0.3) is 0 Å². The summed E-state index contributed by atoms with van der Waals surface area (Å²) in [6.07, 6.45) is 1.28. The molecule has 0 aliphatic carbocycles. The first-order valence-corrected chi connectivity index (χ1v) is 13.0. The van der Waals surface area contributed by atoms with Gasteiger partial charge < -0.3 is 20.3 Å². The van der Waals surface area contributed by atoms with Gasteiger partial charge >= 0.3 is 0 Å². The van der Waals surface area contributed by atoms with Gasteiger partial charge in [0, 0.05) is 17.0 Å². The Morgan fingerprint density at radius 3 is 2.51 bits per heavy atom. The number of aliphatic imine (C=N–C) groups is 1. The van der Waals surface area contributed by atoms with Crippen LogP contribution < -0.4 is 15.5 Å². The van der Waals surface area contributed by atoms with Crippen LogP contribution in [-0.2, 0) is 28.9 Å². The van der Waals surface area contributed by atoms with Crippen LogP contribution in [-0.4, -0.2) is 47.8 Å². The average molecular weight is 504 g/mol. The third kappa shape index (κ3) is 7.04. The SMILES string of the molecule is CCc1cc(C2=NC(c3cc(CC(C)C)c(C)s3)ON2)cc(CC)c1OCC(O)CNC(=O)CO. The maximum atomic E-state index is 11.2. The summed E-state index contributed by atoms with van der Waals surface area (Å²) in [5, 5.41) is 21.4. The number of ether oxygens (including phenoxy) is 1. The minimum atomic E-state index is -0.885. The van der Waals surface area contributed by atoms with Crippen molar-refractivity contribution in [1.82, 2.24) is 10.8 Å². The molecule has 1 aliphatic heterocycles. The number of carbonyl (C=O) groups excluding carboxylic acids is 1. The number of nitrogens with zero attached hydrogens (tertiary/aromatic N) is 1. The molecule has 1 aliphatic rings. The predicted molar refractivity (Wildman–Crippen MR) is 138 cm³/mol. The third-order valence-corrected chi connectivity index (χ3v) is 6.92. The Bertz CT molecular complexity index is 1020. The first-order valence-electron chi connectivity index (χ1n) is 12.2. The molecule has 192 valence electrons. The largest absolute Gasteiger partial charge is 0.490 e. The quantitative estimate of drug-likeness (QED) is 0.354. The Morgan fingerprint density at radius 2 is 1.91 bits per heavy atom. The van der Waals surface area contributed by atoms with E-state index in [0.717, 1.165) is 46.6 Å². The maximum Gasteiger partial charge on any atom is 0.245 e. The van der Waals surface area contributed by atoms with Crippen LogP contribution in [0.5, 0.6) is 5.75 Å². The van der Waals surface area contributed by atoms with Crippen LogP contribution in [0.4, 0.5) is 0 Å². The van der Waals surface area contributed by atoms with Crippen LogP contribution in [0.2, 0.25) is 0 Å². The minimum absolute atomic E-state index is 0.0148. The highest BCUT2D eigenvalue weighted by atomic mass is 32.1. The Morgan fingerprint density at radius 1 is 1.23 bits per heavy atom. The van der Waals surface area contributed by atoms with E-state index in [1.165, 1.54) is 10.4 Å². The van der Waals surface area contributed by atoms with Gasteiger partial charge in [0.15, 0.2) is 5.84 Å². The third-order valence-electron chi connectivity index (χ3n) is 5.80. The number of hydroxylamine groups is 1. The molecule has 1 aromatic heterocycles. The molecule has 4 N–H and O–H groups in total. The lowest BCUT2D eigenvalue weighted by Crippen LogP contribution is -2.36. The Balaban J connectivity index is 1.76. The van der Waals surface area contributed by atoms with Crippen LogP contribution >= 0.6 is 11.3 Å². The molecule has 2 atom stereocenters. The van der Waals surface area contributed by atoms with E-state index < -0.39 is 18.6 Å². The average Bonchev–Trinajstić information content (AvgIpc) is 3.47. The second-order valence-corrected chi connectivity index (χ2v) is 10.4. The standard InChI is InChI=1S/C26H37N3O5S/c1-6-17-9-20(10-18(7-2)24(17)33-14-21(31)12-27-23(32)13-30)25-28-26(34-29-25)22-11-19(8-15(3)4)16(5)35-22/h9-11,15,21,26,30-31H,6-8,12-14H2,1-5H3,(H,27,32)(H,28,29). The molecule has 0 bridgehead atoms. The molecule has 1 amide bonds. The van der Waals surface area contributed by atoms with E-state index in [1.54, 1.807) is 11.3 Å². The number of amidine groups is 1. The van der Waals surface area contributed by atoms with Gasteiger partial charge in [-0.3, -0.25) is 4.79 Å². The molecule has 0 spiro atoms. The van der Waals surface area contributed by atoms with Crippen molar-refractivity contribution in [2.45, 2.75) is 66.2 Å². The lowest BCUT2D eigenvalue weighted by atomic mass is 10.00. The number of thiophene rings is 1. The number of aryl methyl sites for hydroxylation is 3. The van der Waals surface area contributed by atoms with Gasteiger partial charge in [-0.05, 0) is 67.0 Å². The molecule has 2 aromatic rings. The van der Waals surface area contributed by atoms with Crippen molar-refractivity contribution in [3.8, 4) is 5.75 Å². The number of carbonyl (C=O) groups is 1. The van der Waals surface area contributed by atoms with E-state index in [1.807, 2.05) is 12.1 Å². The maximum absolute atomic E-state index is 11.2. The van der Waals surface area contributed by atoms with Crippen LogP contribution in [0.15, 0.2) is 23.2 Å². The topological polar surface area (TPSA) is 112 Å². The molecule has 0 saturated heterocycles. The number of rotatable bonds is 12. The highest BCUT2D eigenvalue weighted by Gasteiger charge is 2.25. The van der Waals surface area contributed by atoms with Gasteiger partial charge in [0.2, 0.25) is 12.1 Å². The summed E-state index contributed by atoms with van der Waals surface area (Å²) in [7, 11) is 0. The van der Waals surface area contributed by atoms with Gasteiger partial charge in [-0.1, -0.05) is 27.7 Å². The first-order chi connectivity index (χ1) is 16.7. The number of amides is 1. The number of nitrogens with one attached hydrogen (secondary N) is 2. The summed E-state index contributed by atoms with van der Waals surface area (Å²) >= 11 is 1.73. The van der Waals surface area contributed by atoms with E-state index in [0.29, 0.717) is 11.8 Å². The van der Waals surface area contributed by atoms with E-state index in [9.17, 15) is 9.90 Å². The molecular weight excluding hydrogens is 466 g/mol. The number of aliphatic hydroxyl groups excluding tert-OH is 2. The Labute approximate surface area is 211 Å². The van der Waals surface area contributed by atoms with Gasteiger partial charge in [-0.25, -0.2) is 15.3 Å². The zero-order valence-electron chi connectivity index (χ0n) is 21.2. The molecule has 1 aromatic carbocycles. The monoisotopic (exact) mass is 503 g/mol. The molecule has 0 saturated carbocycles. The molecule has 2 heterocycles. The van der Waals surface area contributed by atoms with Gasteiger partial charge in [-0.2, -0.15) is 0 Å². The fourth-order valence-electron chi connectivity index (χ4n) is 3.97. The Hall–Kier alpha value is -2.46. The molecule has 2 unspecified atom stereocenters. The van der Waals surface area contributed by atoms with Crippen molar-refractivity contribution in [1.29, 1.82) is 0 Å². The van der Waals surface area contributed by atoms with Crippen molar-refractivity contribution in [2.24, 2.45) is 10.9 Å². The number of benzene rings is 1. The summed E-state index contributed by atoms with van der Waals surface area (Å²) < 4.78 is 5.98. The lowest BCUT2D eigenvalue weighted by molar-refractivity contribution is -0.124. The van der Waals surface area contributed by atoms with E-state index in [2.05, 4.69) is 51.5 Å². The Kier molecular flexibility index (Phi) is 9.68. The van der Waals surface area contributed by atoms with Crippen LogP contribution in [0, 0.1) is 12.8 Å². The predicted octanol–water partition coefficient (Wildman–Crippen LogP) is 3.21. The van der Waals surface area contributed by atoms with E-state index in [-0.39, 0.29) is 19.4 Å². The highest BCUT2D eigenvalue weighted by molar-refractivity contribution is 7.12. The second kappa shape index (κ2) is 12.5. The molecule has 9 heteroatoms. The van der Waals surface area contributed by atoms with E-state index >= 15 is 0 Å². The number of hydrogen-bond acceptors (Lipinski definition) is 8. The summed E-state index contributed by atoms with van der Waals surface area (Å²) in [6, 6.07) is 6.28. The zero-order chi connectivity index (χ0) is 25.5. The fourth-order valence-corrected chi connectivity index (χ4v) is 5.00. The van der Waals surface area contributed by atoms with E-state index in [4.69, 9.17) is 19.7 Å².